The molecule has 1 aromatic heterocycles. The van der Waals surface area contributed by atoms with Gasteiger partial charge in [0, 0.05) is 11.7 Å². The van der Waals surface area contributed by atoms with E-state index in [2.05, 4.69) is 20.6 Å². The second kappa shape index (κ2) is 4.94. The molecule has 0 saturated heterocycles. The number of aromatic nitrogens is 1. The topological polar surface area (TPSA) is 75.3 Å². The van der Waals surface area contributed by atoms with Crippen molar-refractivity contribution in [1.82, 2.24) is 10.3 Å². The molecule has 5 nitrogen and oxygen atoms in total. The number of rotatable bonds is 3. The van der Waals surface area contributed by atoms with Gasteiger partial charge < -0.3 is 16.4 Å². The molecular weight excluding hydrogens is 202 g/mol. The van der Waals surface area contributed by atoms with Gasteiger partial charge in [0.25, 0.3) is 0 Å². The molecule has 0 radical (unpaired) electrons. The molecule has 0 amide bonds. The van der Waals surface area contributed by atoms with Crippen LogP contribution in [0.1, 0.15) is 12.1 Å². The molecule has 0 bridgehead atoms. The molecule has 4 N–H and O–H groups in total. The summed E-state index contributed by atoms with van der Waals surface area (Å²) in [5.74, 6) is 1.61. The minimum Gasteiger partial charge on any atom is -0.351 e. The van der Waals surface area contributed by atoms with E-state index in [1.165, 1.54) is 0 Å². The zero-order valence-corrected chi connectivity index (χ0v) is 9.40. The van der Waals surface area contributed by atoms with Crippen LogP contribution in [0.4, 0.5) is 5.82 Å². The van der Waals surface area contributed by atoms with Gasteiger partial charge in [0.15, 0.2) is 5.96 Å². The zero-order chi connectivity index (χ0) is 11.4. The summed E-state index contributed by atoms with van der Waals surface area (Å²) in [6.45, 7) is 3.43. The second-order valence-corrected chi connectivity index (χ2v) is 3.90. The van der Waals surface area contributed by atoms with Gasteiger partial charge in [0.1, 0.15) is 5.82 Å². The molecule has 1 atom stereocenters. The van der Waals surface area contributed by atoms with Gasteiger partial charge in [0.2, 0.25) is 0 Å². The number of hydrogen-bond acceptors (Lipinski definition) is 5. The van der Waals surface area contributed by atoms with E-state index in [0.717, 1.165) is 30.4 Å². The lowest BCUT2D eigenvalue weighted by atomic mass is 10.2. The van der Waals surface area contributed by atoms with Crippen molar-refractivity contribution in [2.75, 3.05) is 18.4 Å². The lowest BCUT2D eigenvalue weighted by Gasteiger charge is -2.11. The van der Waals surface area contributed by atoms with Gasteiger partial charge in [0.05, 0.1) is 6.54 Å². The summed E-state index contributed by atoms with van der Waals surface area (Å²) >= 11 is 0. The first-order valence-corrected chi connectivity index (χ1v) is 5.49. The van der Waals surface area contributed by atoms with E-state index < -0.39 is 0 Å². The van der Waals surface area contributed by atoms with Gasteiger partial charge in [-0.15, -0.1) is 0 Å². The van der Waals surface area contributed by atoms with Crippen LogP contribution in [0.5, 0.6) is 0 Å². The fourth-order valence-corrected chi connectivity index (χ4v) is 1.66. The Balaban J connectivity index is 1.92. The first-order chi connectivity index (χ1) is 7.78. The smallest absolute Gasteiger partial charge is 0.197 e. The first kappa shape index (κ1) is 10.9. The van der Waals surface area contributed by atoms with Crippen molar-refractivity contribution in [3.05, 3.63) is 23.9 Å². The van der Waals surface area contributed by atoms with Crippen LogP contribution in [-0.2, 0) is 0 Å². The van der Waals surface area contributed by atoms with Crippen molar-refractivity contribution in [3.63, 3.8) is 0 Å². The van der Waals surface area contributed by atoms with Crippen LogP contribution in [0.15, 0.2) is 23.2 Å². The van der Waals surface area contributed by atoms with Crippen molar-refractivity contribution < 1.29 is 0 Å². The first-order valence-electron chi connectivity index (χ1n) is 5.49. The fraction of sp³-hybridized carbons (Fsp3) is 0.455. The Morgan fingerprint density at radius 1 is 1.56 bits per heavy atom. The van der Waals surface area contributed by atoms with E-state index >= 15 is 0 Å². The molecule has 1 aliphatic rings. The van der Waals surface area contributed by atoms with Crippen LogP contribution in [0.3, 0.4) is 0 Å². The Hall–Kier alpha value is -1.62. The molecule has 86 valence electrons. The van der Waals surface area contributed by atoms with E-state index in [9.17, 15) is 0 Å². The predicted molar refractivity (Wildman–Crippen MR) is 65.5 cm³/mol. The van der Waals surface area contributed by atoms with Gasteiger partial charge >= 0.3 is 0 Å². The van der Waals surface area contributed by atoms with Crippen molar-refractivity contribution in [3.8, 4) is 0 Å². The van der Waals surface area contributed by atoms with Crippen LogP contribution in [0.2, 0.25) is 0 Å². The molecule has 2 rings (SSSR count). The minimum absolute atomic E-state index is 0.359. The second-order valence-electron chi connectivity index (χ2n) is 3.90. The van der Waals surface area contributed by atoms with Gasteiger partial charge in [-0.2, -0.15) is 0 Å². The summed E-state index contributed by atoms with van der Waals surface area (Å²) in [6, 6.07) is 6.22. The maximum absolute atomic E-state index is 5.50. The van der Waals surface area contributed by atoms with Crippen molar-refractivity contribution in [1.29, 1.82) is 0 Å². The monoisotopic (exact) mass is 219 g/mol. The normalized spacial score (nSPS) is 19.1. The average molecular weight is 219 g/mol. The number of hydrogen-bond donors (Lipinski definition) is 3. The standard InChI is InChI=1S/C11H17N5/c1-8-3-2-4-10(14-8)16-11-13-7-9(15-11)5-6-12/h2-4,9H,5-7,12H2,1H3,(H2,13,14,15,16)/t9-/m1/s1. The van der Waals surface area contributed by atoms with Crippen LogP contribution < -0.4 is 16.4 Å². The number of nitrogens with one attached hydrogen (secondary N) is 2. The summed E-state index contributed by atoms with van der Waals surface area (Å²) < 4.78 is 0. The van der Waals surface area contributed by atoms with E-state index in [1.807, 2.05) is 25.1 Å². The highest BCUT2D eigenvalue weighted by Gasteiger charge is 2.16. The summed E-state index contributed by atoms with van der Waals surface area (Å²) in [6.07, 6.45) is 0.940. The molecule has 0 fully saturated rings. The number of guanidine groups is 1. The third-order valence-electron chi connectivity index (χ3n) is 2.46. The Labute approximate surface area is 95.2 Å². The Kier molecular flexibility index (Phi) is 3.36. The number of aryl methyl sites for hydroxylation is 1. The third-order valence-corrected chi connectivity index (χ3v) is 2.46. The maximum Gasteiger partial charge on any atom is 0.197 e. The molecule has 0 aliphatic carbocycles. The number of pyridine rings is 1. The molecule has 0 saturated carbocycles. The van der Waals surface area contributed by atoms with Gasteiger partial charge in [-0.25, -0.2) is 4.98 Å². The molecule has 1 aliphatic heterocycles. The molecule has 0 unspecified atom stereocenters. The predicted octanol–water partition coefficient (Wildman–Crippen LogP) is 0.479. The quantitative estimate of drug-likeness (QED) is 0.691. The molecular formula is C11H17N5. The average Bonchev–Trinajstić information content (AvgIpc) is 2.66. The van der Waals surface area contributed by atoms with Gasteiger partial charge in [-0.05, 0) is 32.0 Å². The summed E-state index contributed by atoms with van der Waals surface area (Å²) in [4.78, 5) is 8.71. The molecule has 0 spiro atoms. The lowest BCUT2D eigenvalue weighted by Crippen LogP contribution is -2.35. The number of aliphatic imine (C=N–C) groups is 1. The summed E-state index contributed by atoms with van der Waals surface area (Å²) in [5, 5.41) is 6.44. The van der Waals surface area contributed by atoms with E-state index in [4.69, 9.17) is 5.73 Å². The van der Waals surface area contributed by atoms with E-state index in [0.29, 0.717) is 12.6 Å². The van der Waals surface area contributed by atoms with Crippen molar-refractivity contribution >= 4 is 11.8 Å². The third kappa shape index (κ3) is 2.70. The van der Waals surface area contributed by atoms with Crippen molar-refractivity contribution in [2.24, 2.45) is 10.7 Å². The van der Waals surface area contributed by atoms with Crippen LogP contribution in [0, 0.1) is 6.92 Å². The van der Waals surface area contributed by atoms with Gasteiger partial charge in [-0.1, -0.05) is 6.07 Å². The molecule has 5 heteroatoms. The van der Waals surface area contributed by atoms with E-state index in [1.54, 1.807) is 0 Å². The SMILES string of the molecule is Cc1cccc(NC2=NC[C@@H](CCN)N2)n1. The van der Waals surface area contributed by atoms with Crippen molar-refractivity contribution in [2.45, 2.75) is 19.4 Å². The molecule has 16 heavy (non-hydrogen) atoms. The van der Waals surface area contributed by atoms with Crippen LogP contribution >= 0.6 is 0 Å². The number of nitrogens with two attached hydrogens (primary N) is 1. The number of nitrogens with zero attached hydrogens (tertiary/aromatic N) is 2. The summed E-state index contributed by atoms with van der Waals surface area (Å²) in [5.41, 5.74) is 6.49. The minimum atomic E-state index is 0.359. The highest BCUT2D eigenvalue weighted by molar-refractivity contribution is 5.94. The Morgan fingerprint density at radius 2 is 2.44 bits per heavy atom. The molecule has 0 aromatic carbocycles. The Bertz CT molecular complexity index is 388. The molecule has 1 aromatic rings. The fourth-order valence-electron chi connectivity index (χ4n) is 1.66. The van der Waals surface area contributed by atoms with Crippen LogP contribution in [-0.4, -0.2) is 30.1 Å². The Morgan fingerprint density at radius 3 is 3.19 bits per heavy atom. The van der Waals surface area contributed by atoms with Crippen LogP contribution in [0.25, 0.3) is 0 Å². The van der Waals surface area contributed by atoms with E-state index in [-0.39, 0.29) is 0 Å². The largest absolute Gasteiger partial charge is 0.351 e. The highest BCUT2D eigenvalue weighted by Crippen LogP contribution is 2.06. The highest BCUT2D eigenvalue weighted by atomic mass is 15.3. The number of anilines is 1. The summed E-state index contributed by atoms with van der Waals surface area (Å²) in [7, 11) is 0. The molecule has 2 heterocycles. The van der Waals surface area contributed by atoms with Gasteiger partial charge in [-0.3, -0.25) is 4.99 Å². The maximum atomic E-state index is 5.50. The zero-order valence-electron chi connectivity index (χ0n) is 9.40. The lowest BCUT2D eigenvalue weighted by molar-refractivity contribution is 0.609.